The molecule has 120 valence electrons. The fraction of sp³-hybridized carbons (Fsp3) is 0.294. The molecule has 7 heteroatoms. The summed E-state index contributed by atoms with van der Waals surface area (Å²) >= 11 is 0. The zero-order chi connectivity index (χ0) is 16.4. The Labute approximate surface area is 139 Å². The zero-order valence-electron chi connectivity index (χ0n) is 13.1. The molecule has 1 aliphatic rings. The quantitative estimate of drug-likeness (QED) is 0.742. The molecular formula is C17H17N7. The minimum atomic E-state index is 0.227. The van der Waals surface area contributed by atoms with E-state index in [2.05, 4.69) is 26.6 Å². The first-order valence-electron chi connectivity index (χ1n) is 8.00. The topological polar surface area (TPSA) is 82.7 Å². The number of nitrogens with zero attached hydrogens (tertiary/aromatic N) is 6. The second-order valence-corrected chi connectivity index (χ2v) is 5.86. The fourth-order valence-corrected chi connectivity index (χ4v) is 3.05. The second-order valence-electron chi connectivity index (χ2n) is 5.86. The Morgan fingerprint density at radius 1 is 1.38 bits per heavy atom. The van der Waals surface area contributed by atoms with Crippen molar-refractivity contribution >= 4 is 16.9 Å². The molecule has 1 atom stereocenters. The number of anilines is 1. The Kier molecular flexibility index (Phi) is 3.71. The third kappa shape index (κ3) is 2.74. The predicted molar refractivity (Wildman–Crippen MR) is 90.5 cm³/mol. The maximum atomic E-state index is 9.10. The van der Waals surface area contributed by atoms with Crippen LogP contribution in [0.25, 0.3) is 16.6 Å². The molecule has 0 aliphatic carbocycles. The maximum absolute atomic E-state index is 9.10. The molecule has 2 aromatic heterocycles. The lowest BCUT2D eigenvalue weighted by atomic mass is 10.2. The van der Waals surface area contributed by atoms with Gasteiger partial charge in [0, 0.05) is 37.1 Å². The summed E-state index contributed by atoms with van der Waals surface area (Å²) in [6, 6.07) is 8.09. The molecule has 3 heterocycles. The molecular weight excluding hydrogens is 302 g/mol. The first-order valence-corrected chi connectivity index (χ1v) is 8.00. The summed E-state index contributed by atoms with van der Waals surface area (Å²) in [6.07, 6.45) is 9.80. The van der Waals surface area contributed by atoms with Gasteiger partial charge < -0.3 is 10.2 Å². The van der Waals surface area contributed by atoms with Crippen molar-refractivity contribution < 1.29 is 0 Å². The van der Waals surface area contributed by atoms with Crippen LogP contribution in [0.5, 0.6) is 0 Å². The van der Waals surface area contributed by atoms with Crippen LogP contribution in [0, 0.1) is 11.5 Å². The Balaban J connectivity index is 1.55. The van der Waals surface area contributed by atoms with Crippen LogP contribution in [0.1, 0.15) is 12.8 Å². The number of benzene rings is 1. The summed E-state index contributed by atoms with van der Waals surface area (Å²) < 4.78 is 1.80. The predicted octanol–water partition coefficient (Wildman–Crippen LogP) is 2.17. The van der Waals surface area contributed by atoms with Gasteiger partial charge >= 0.3 is 0 Å². The molecule has 1 aromatic carbocycles. The van der Waals surface area contributed by atoms with E-state index in [4.69, 9.17) is 5.26 Å². The average Bonchev–Trinajstić information content (AvgIpc) is 3.30. The van der Waals surface area contributed by atoms with Gasteiger partial charge in [-0.25, -0.2) is 14.6 Å². The van der Waals surface area contributed by atoms with Crippen molar-refractivity contribution in [3.05, 3.63) is 42.9 Å². The van der Waals surface area contributed by atoms with Crippen LogP contribution in [0.15, 0.2) is 42.9 Å². The number of fused-ring (bicyclic) bond motifs is 1. The van der Waals surface area contributed by atoms with Crippen LogP contribution < -0.4 is 5.32 Å². The second kappa shape index (κ2) is 6.16. The molecule has 0 radical (unpaired) electrons. The standard InChI is InChI=1S/C17H17N7/c18-12-23-7-1-3-15(23)11-20-17-19-10-13-4-5-14(9-16(13)22-17)24-8-2-6-21-24/h2,4-6,8-10,15H,1,3,7,11H2,(H,19,20,22)/t15-/m1/s1. The van der Waals surface area contributed by atoms with Gasteiger partial charge in [-0.05, 0) is 37.1 Å². The van der Waals surface area contributed by atoms with E-state index in [1.165, 1.54) is 0 Å². The molecule has 0 unspecified atom stereocenters. The van der Waals surface area contributed by atoms with Gasteiger partial charge in [0.15, 0.2) is 6.19 Å². The Bertz CT molecular complexity index is 882. The molecule has 0 spiro atoms. The van der Waals surface area contributed by atoms with Gasteiger partial charge in [0.25, 0.3) is 0 Å². The molecule has 1 aliphatic heterocycles. The van der Waals surface area contributed by atoms with Crippen molar-refractivity contribution in [3.63, 3.8) is 0 Å². The molecule has 0 amide bonds. The van der Waals surface area contributed by atoms with Crippen molar-refractivity contribution in [2.24, 2.45) is 0 Å². The minimum absolute atomic E-state index is 0.227. The van der Waals surface area contributed by atoms with Crippen molar-refractivity contribution in [2.75, 3.05) is 18.4 Å². The van der Waals surface area contributed by atoms with Crippen LogP contribution in [0.4, 0.5) is 5.95 Å². The van der Waals surface area contributed by atoms with Gasteiger partial charge in [0.05, 0.1) is 17.2 Å². The molecule has 1 saturated heterocycles. The Morgan fingerprint density at radius 3 is 3.17 bits per heavy atom. The van der Waals surface area contributed by atoms with Crippen LogP contribution in [-0.2, 0) is 0 Å². The summed E-state index contributed by atoms with van der Waals surface area (Å²) in [5, 5.41) is 17.6. The molecule has 7 nitrogen and oxygen atoms in total. The van der Waals surface area contributed by atoms with E-state index >= 15 is 0 Å². The molecule has 0 saturated carbocycles. The Morgan fingerprint density at radius 2 is 2.33 bits per heavy atom. The Hall–Kier alpha value is -3.14. The zero-order valence-corrected chi connectivity index (χ0v) is 13.1. The highest BCUT2D eigenvalue weighted by Gasteiger charge is 2.23. The first kappa shape index (κ1) is 14.5. The van der Waals surface area contributed by atoms with Crippen LogP contribution in [-0.4, -0.2) is 43.8 Å². The lowest BCUT2D eigenvalue weighted by Gasteiger charge is -2.18. The minimum Gasteiger partial charge on any atom is -0.352 e. The van der Waals surface area contributed by atoms with E-state index in [1.54, 1.807) is 10.9 Å². The van der Waals surface area contributed by atoms with Crippen LogP contribution >= 0.6 is 0 Å². The normalized spacial score (nSPS) is 17.1. The lowest BCUT2D eigenvalue weighted by Crippen LogP contribution is -2.31. The summed E-state index contributed by atoms with van der Waals surface area (Å²) in [5.74, 6) is 0.588. The average molecular weight is 319 g/mol. The van der Waals surface area contributed by atoms with Gasteiger partial charge in [0.2, 0.25) is 5.95 Å². The molecule has 1 N–H and O–H groups in total. The molecule has 0 bridgehead atoms. The largest absolute Gasteiger partial charge is 0.352 e. The van der Waals surface area contributed by atoms with E-state index in [0.29, 0.717) is 12.5 Å². The highest BCUT2D eigenvalue weighted by Crippen LogP contribution is 2.19. The van der Waals surface area contributed by atoms with Crippen LogP contribution in [0.2, 0.25) is 0 Å². The summed E-state index contributed by atoms with van der Waals surface area (Å²) in [6.45, 7) is 1.52. The summed E-state index contributed by atoms with van der Waals surface area (Å²) in [4.78, 5) is 10.8. The van der Waals surface area contributed by atoms with E-state index < -0.39 is 0 Å². The smallest absolute Gasteiger partial charge is 0.223 e. The third-order valence-electron chi connectivity index (χ3n) is 4.34. The van der Waals surface area contributed by atoms with Gasteiger partial charge in [-0.2, -0.15) is 10.4 Å². The number of aromatic nitrogens is 4. The molecule has 3 aromatic rings. The highest BCUT2D eigenvalue weighted by atomic mass is 15.3. The van der Waals surface area contributed by atoms with E-state index in [0.717, 1.165) is 36.0 Å². The van der Waals surface area contributed by atoms with Gasteiger partial charge in [-0.15, -0.1) is 0 Å². The molecule has 4 rings (SSSR count). The number of hydrogen-bond donors (Lipinski definition) is 1. The van der Waals surface area contributed by atoms with E-state index in [9.17, 15) is 0 Å². The van der Waals surface area contributed by atoms with Crippen molar-refractivity contribution in [2.45, 2.75) is 18.9 Å². The van der Waals surface area contributed by atoms with Crippen molar-refractivity contribution in [1.82, 2.24) is 24.6 Å². The SMILES string of the molecule is N#CN1CCC[C@@H]1CNc1ncc2ccc(-n3cccn3)cc2n1. The number of nitriles is 1. The number of rotatable bonds is 4. The number of likely N-dealkylation sites (tertiary alicyclic amines) is 1. The summed E-state index contributed by atoms with van der Waals surface area (Å²) in [5.41, 5.74) is 1.83. The number of hydrogen-bond acceptors (Lipinski definition) is 6. The fourth-order valence-electron chi connectivity index (χ4n) is 3.05. The van der Waals surface area contributed by atoms with Gasteiger partial charge in [-0.1, -0.05) is 0 Å². The molecule has 24 heavy (non-hydrogen) atoms. The van der Waals surface area contributed by atoms with Crippen molar-refractivity contribution in [1.29, 1.82) is 5.26 Å². The van der Waals surface area contributed by atoms with Crippen LogP contribution in [0.3, 0.4) is 0 Å². The highest BCUT2D eigenvalue weighted by molar-refractivity contribution is 5.80. The number of nitrogens with one attached hydrogen (secondary N) is 1. The van der Waals surface area contributed by atoms with E-state index in [1.807, 2.05) is 41.6 Å². The molecule has 1 fully saturated rings. The third-order valence-corrected chi connectivity index (χ3v) is 4.34. The van der Waals surface area contributed by atoms with E-state index in [-0.39, 0.29) is 6.04 Å². The van der Waals surface area contributed by atoms with Crippen molar-refractivity contribution in [3.8, 4) is 11.9 Å². The first-order chi connectivity index (χ1) is 11.8. The lowest BCUT2D eigenvalue weighted by molar-refractivity contribution is 0.377. The van der Waals surface area contributed by atoms with Gasteiger partial charge in [-0.3, -0.25) is 0 Å². The summed E-state index contributed by atoms with van der Waals surface area (Å²) in [7, 11) is 0. The van der Waals surface area contributed by atoms with Gasteiger partial charge in [0.1, 0.15) is 0 Å². The maximum Gasteiger partial charge on any atom is 0.223 e. The monoisotopic (exact) mass is 319 g/mol.